The average Bonchev–Trinajstić information content (AvgIpc) is 2.04. The zero-order valence-electron chi connectivity index (χ0n) is 6.41. The quantitative estimate of drug-likeness (QED) is 0.396. The van der Waals surface area contributed by atoms with Crippen LogP contribution in [0.3, 0.4) is 0 Å². The van der Waals surface area contributed by atoms with Crippen molar-refractivity contribution in [2.45, 2.75) is 0 Å². The maximum absolute atomic E-state index is 10.3. The molecule has 0 aliphatic rings. The van der Waals surface area contributed by atoms with Crippen molar-refractivity contribution in [3.8, 4) is 0 Å². The summed E-state index contributed by atoms with van der Waals surface area (Å²) in [6.07, 6.45) is -0.999. The smallest absolute Gasteiger partial charge is 0.265 e. The molecule has 0 aliphatic heterocycles. The molecule has 68 valence electrons. The Bertz CT molecular complexity index is 311. The first-order valence-corrected chi connectivity index (χ1v) is 3.34. The molecule has 6 heteroatoms. The third kappa shape index (κ3) is 1.92. The molecule has 0 saturated heterocycles. The highest BCUT2D eigenvalue weighted by Crippen LogP contribution is 2.14. The summed E-state index contributed by atoms with van der Waals surface area (Å²) >= 11 is 0. The first-order chi connectivity index (χ1) is 6.13. The summed E-state index contributed by atoms with van der Waals surface area (Å²) in [5.74, 6) is 0. The number of rotatable bonds is 3. The van der Waals surface area contributed by atoms with E-state index < -0.39 is 16.0 Å². The van der Waals surface area contributed by atoms with Gasteiger partial charge in [0, 0.05) is 0 Å². The Morgan fingerprint density at radius 3 is 1.85 bits per heavy atom. The molecule has 0 radical (unpaired) electrons. The van der Waals surface area contributed by atoms with Crippen LogP contribution < -0.4 is 0 Å². The predicted molar refractivity (Wildman–Crippen MR) is 42.8 cm³/mol. The molecule has 0 N–H and O–H groups in total. The summed E-state index contributed by atoms with van der Waals surface area (Å²) in [6, 6.07) is 7.27. The molecule has 0 saturated carbocycles. The van der Waals surface area contributed by atoms with Crippen molar-refractivity contribution < 1.29 is 9.85 Å². The Labute approximate surface area is 73.1 Å². The van der Waals surface area contributed by atoms with Crippen molar-refractivity contribution in [3.05, 3.63) is 62.3 Å². The molecule has 0 aliphatic carbocycles. The Morgan fingerprint density at radius 1 is 1.00 bits per heavy atom. The van der Waals surface area contributed by atoms with E-state index in [-0.39, 0.29) is 5.56 Å². The average molecular weight is 181 g/mol. The lowest BCUT2D eigenvalue weighted by Gasteiger charge is -2.05. The molecule has 1 aromatic carbocycles. The minimum absolute atomic E-state index is 0.00231. The molecule has 0 fully saturated rings. The van der Waals surface area contributed by atoms with Gasteiger partial charge in [-0.3, -0.25) is 20.2 Å². The van der Waals surface area contributed by atoms with E-state index in [9.17, 15) is 20.2 Å². The van der Waals surface area contributed by atoms with Crippen LogP contribution in [0.5, 0.6) is 0 Å². The summed E-state index contributed by atoms with van der Waals surface area (Å²) < 4.78 is 0. The van der Waals surface area contributed by atoms with E-state index >= 15 is 0 Å². The fourth-order valence-corrected chi connectivity index (χ4v) is 0.865. The van der Waals surface area contributed by atoms with Gasteiger partial charge in [-0.2, -0.15) is 0 Å². The molecular formula is C7H5N2O4-. The van der Waals surface area contributed by atoms with E-state index in [4.69, 9.17) is 0 Å². The van der Waals surface area contributed by atoms with Crippen molar-refractivity contribution in [1.82, 2.24) is 0 Å². The van der Waals surface area contributed by atoms with Gasteiger partial charge in [-0.25, -0.2) is 0 Å². The Hall–Kier alpha value is -2.11. The van der Waals surface area contributed by atoms with Crippen LogP contribution in [0.4, 0.5) is 0 Å². The molecule has 0 heterocycles. The normalized spacial score (nSPS) is 9.23. The van der Waals surface area contributed by atoms with Crippen molar-refractivity contribution in [1.29, 1.82) is 0 Å². The van der Waals surface area contributed by atoms with Crippen LogP contribution in [0.1, 0.15) is 5.56 Å². The van der Waals surface area contributed by atoms with Gasteiger partial charge in [0.25, 0.3) is 0 Å². The van der Waals surface area contributed by atoms with Crippen LogP contribution in [0.25, 0.3) is 0 Å². The second-order valence-corrected chi connectivity index (χ2v) is 2.20. The Kier molecular flexibility index (Phi) is 2.44. The summed E-state index contributed by atoms with van der Waals surface area (Å²) in [6.45, 7) is 0. The minimum Gasteiger partial charge on any atom is -0.265 e. The molecule has 13 heavy (non-hydrogen) atoms. The van der Waals surface area contributed by atoms with Crippen LogP contribution in [0.15, 0.2) is 30.3 Å². The lowest BCUT2D eigenvalue weighted by atomic mass is 10.2. The summed E-state index contributed by atoms with van der Waals surface area (Å²) in [7, 11) is 0. The van der Waals surface area contributed by atoms with Gasteiger partial charge in [-0.1, -0.05) is 6.07 Å². The highest BCUT2D eigenvalue weighted by Gasteiger charge is 2.29. The van der Waals surface area contributed by atoms with Gasteiger partial charge >= 0.3 is 6.17 Å². The zero-order chi connectivity index (χ0) is 9.84. The molecule has 0 atom stereocenters. The molecule has 0 unspecified atom stereocenters. The Balaban J connectivity index is 3.03. The lowest BCUT2D eigenvalue weighted by Crippen LogP contribution is -2.20. The van der Waals surface area contributed by atoms with E-state index in [0.29, 0.717) is 0 Å². The highest BCUT2D eigenvalue weighted by molar-refractivity contribution is 5.22. The largest absolute Gasteiger partial charge is 0.459 e. The topological polar surface area (TPSA) is 86.3 Å². The van der Waals surface area contributed by atoms with Gasteiger partial charge < -0.3 is 0 Å². The third-order valence-electron chi connectivity index (χ3n) is 1.38. The molecule has 1 rings (SSSR count). The van der Waals surface area contributed by atoms with Gasteiger partial charge in [-0.05, 0) is 5.56 Å². The van der Waals surface area contributed by atoms with E-state index in [1.807, 2.05) is 0 Å². The van der Waals surface area contributed by atoms with Gasteiger partial charge in [-0.15, -0.1) is 24.3 Å². The van der Waals surface area contributed by atoms with E-state index in [1.165, 1.54) is 24.3 Å². The second kappa shape index (κ2) is 3.53. The predicted octanol–water partition coefficient (Wildman–Crippen LogP) is 1.08. The van der Waals surface area contributed by atoms with E-state index in [1.54, 1.807) is 6.07 Å². The van der Waals surface area contributed by atoms with Crippen molar-refractivity contribution >= 4 is 0 Å². The number of hydrogen-bond acceptors (Lipinski definition) is 4. The van der Waals surface area contributed by atoms with Crippen LogP contribution in [0.2, 0.25) is 0 Å². The third-order valence-corrected chi connectivity index (χ3v) is 1.38. The summed E-state index contributed by atoms with van der Waals surface area (Å²) in [5, 5.41) is 20.5. The number of benzene rings is 1. The highest BCUT2D eigenvalue weighted by atomic mass is 16.7. The van der Waals surface area contributed by atoms with Gasteiger partial charge in [0.15, 0.2) is 0 Å². The Morgan fingerprint density at radius 2 is 1.46 bits per heavy atom. The monoisotopic (exact) mass is 181 g/mol. The summed E-state index contributed by atoms with van der Waals surface area (Å²) in [5.41, 5.74) is -0.00231. The molecule has 0 amide bonds. The van der Waals surface area contributed by atoms with Crippen molar-refractivity contribution in [2.24, 2.45) is 0 Å². The second-order valence-electron chi connectivity index (χ2n) is 2.20. The molecule has 0 bridgehead atoms. The van der Waals surface area contributed by atoms with Crippen LogP contribution in [-0.2, 0) is 0 Å². The maximum atomic E-state index is 10.3. The fourth-order valence-electron chi connectivity index (χ4n) is 0.865. The minimum atomic E-state index is -1.00. The first-order valence-electron chi connectivity index (χ1n) is 3.34. The summed E-state index contributed by atoms with van der Waals surface area (Å²) in [4.78, 5) is 18.5. The van der Waals surface area contributed by atoms with Crippen molar-refractivity contribution in [2.75, 3.05) is 0 Å². The zero-order valence-corrected chi connectivity index (χ0v) is 6.41. The van der Waals surface area contributed by atoms with Crippen LogP contribution in [-0.4, -0.2) is 9.85 Å². The standard InChI is InChI=1S/C7H5N2O4/c10-8(11)7(9(12)13)6-4-2-1-3-5-6/h1-5H/q-1. The van der Waals surface area contributed by atoms with E-state index in [2.05, 4.69) is 0 Å². The number of nitrogens with zero attached hydrogens (tertiary/aromatic N) is 2. The number of nitro groups is 2. The van der Waals surface area contributed by atoms with Gasteiger partial charge in [0.05, 0.1) is 9.85 Å². The van der Waals surface area contributed by atoms with Gasteiger partial charge in [0.2, 0.25) is 0 Å². The number of hydrogen-bond donors (Lipinski definition) is 0. The van der Waals surface area contributed by atoms with Gasteiger partial charge in [0.1, 0.15) is 0 Å². The molecule has 0 spiro atoms. The lowest BCUT2D eigenvalue weighted by molar-refractivity contribution is -0.660. The van der Waals surface area contributed by atoms with Crippen molar-refractivity contribution in [3.63, 3.8) is 0 Å². The van der Waals surface area contributed by atoms with Crippen LogP contribution >= 0.6 is 0 Å². The molecular weight excluding hydrogens is 176 g/mol. The fraction of sp³-hybridized carbons (Fsp3) is 0. The molecule has 6 nitrogen and oxygen atoms in total. The first kappa shape index (κ1) is 8.98. The molecule has 1 aromatic rings. The van der Waals surface area contributed by atoms with E-state index in [0.717, 1.165) is 0 Å². The molecule has 0 aromatic heterocycles. The SMILES string of the molecule is O=[N+]([O-])[C-](c1ccccc1)[N+](=O)[O-]. The van der Waals surface area contributed by atoms with Crippen LogP contribution in [0, 0.1) is 26.4 Å². The maximum Gasteiger partial charge on any atom is 0.459 e.